The van der Waals surface area contributed by atoms with E-state index >= 15 is 0 Å². The summed E-state index contributed by atoms with van der Waals surface area (Å²) in [6.45, 7) is 1.91. The molecule has 0 spiro atoms. The van der Waals surface area contributed by atoms with E-state index in [4.69, 9.17) is 0 Å². The van der Waals surface area contributed by atoms with Crippen LogP contribution in [0.15, 0.2) is 54.6 Å². The molecule has 1 amide bonds. The summed E-state index contributed by atoms with van der Waals surface area (Å²) < 4.78 is 4.63. The standard InChI is InChI=1S/C19H21NO3/c1-14(12-15-6-4-3-5-7-15)19(22)20-17-10-8-16(9-11-17)13-18(21)23-2/h3-11,14H,12-13H2,1-2H3,(H,20,22)/t14-/m0/s1. The van der Waals surface area contributed by atoms with Gasteiger partial charge in [0.2, 0.25) is 5.91 Å². The average molecular weight is 311 g/mol. The maximum absolute atomic E-state index is 12.2. The molecule has 0 fully saturated rings. The normalized spacial score (nSPS) is 11.6. The number of esters is 1. The number of carbonyl (C=O) groups is 2. The van der Waals surface area contributed by atoms with Crippen molar-refractivity contribution in [3.8, 4) is 0 Å². The van der Waals surface area contributed by atoms with E-state index in [0.29, 0.717) is 6.42 Å². The van der Waals surface area contributed by atoms with Crippen LogP contribution in [-0.4, -0.2) is 19.0 Å². The van der Waals surface area contributed by atoms with Gasteiger partial charge in [-0.15, -0.1) is 0 Å². The number of hydrogen-bond acceptors (Lipinski definition) is 3. The van der Waals surface area contributed by atoms with Crippen molar-refractivity contribution in [3.63, 3.8) is 0 Å². The Balaban J connectivity index is 1.90. The van der Waals surface area contributed by atoms with Crippen LogP contribution in [0, 0.1) is 5.92 Å². The molecule has 0 aliphatic carbocycles. The number of hydrogen-bond donors (Lipinski definition) is 1. The van der Waals surface area contributed by atoms with Gasteiger partial charge in [0, 0.05) is 11.6 Å². The van der Waals surface area contributed by atoms with Crippen LogP contribution in [0.2, 0.25) is 0 Å². The van der Waals surface area contributed by atoms with Crippen molar-refractivity contribution in [3.05, 3.63) is 65.7 Å². The predicted octanol–water partition coefficient (Wildman–Crippen LogP) is 3.22. The highest BCUT2D eigenvalue weighted by atomic mass is 16.5. The molecule has 0 saturated carbocycles. The molecule has 120 valence electrons. The van der Waals surface area contributed by atoms with Gasteiger partial charge >= 0.3 is 5.97 Å². The van der Waals surface area contributed by atoms with E-state index < -0.39 is 0 Å². The Morgan fingerprint density at radius 2 is 1.65 bits per heavy atom. The highest BCUT2D eigenvalue weighted by Gasteiger charge is 2.13. The maximum Gasteiger partial charge on any atom is 0.309 e. The molecule has 2 aromatic rings. The van der Waals surface area contributed by atoms with Gasteiger partial charge in [0.05, 0.1) is 13.5 Å². The van der Waals surface area contributed by atoms with E-state index in [9.17, 15) is 9.59 Å². The second-order valence-corrected chi connectivity index (χ2v) is 5.53. The predicted molar refractivity (Wildman–Crippen MR) is 90.1 cm³/mol. The van der Waals surface area contributed by atoms with Crippen molar-refractivity contribution in [1.82, 2.24) is 0 Å². The van der Waals surface area contributed by atoms with E-state index in [1.54, 1.807) is 12.1 Å². The second kappa shape index (κ2) is 8.13. The van der Waals surface area contributed by atoms with E-state index in [1.165, 1.54) is 7.11 Å². The van der Waals surface area contributed by atoms with Crippen LogP contribution in [-0.2, 0) is 27.2 Å². The lowest BCUT2D eigenvalue weighted by molar-refractivity contribution is -0.139. The first-order valence-electron chi connectivity index (χ1n) is 7.59. The van der Waals surface area contributed by atoms with Gasteiger partial charge in [-0.1, -0.05) is 49.4 Å². The van der Waals surface area contributed by atoms with E-state index in [1.807, 2.05) is 49.4 Å². The summed E-state index contributed by atoms with van der Waals surface area (Å²) in [6, 6.07) is 17.2. The second-order valence-electron chi connectivity index (χ2n) is 5.53. The zero-order valence-corrected chi connectivity index (χ0v) is 13.4. The first kappa shape index (κ1) is 16.7. The molecule has 0 saturated heterocycles. The van der Waals surface area contributed by atoms with Crippen LogP contribution in [0.4, 0.5) is 5.69 Å². The van der Waals surface area contributed by atoms with Gasteiger partial charge in [0.1, 0.15) is 0 Å². The molecular formula is C19H21NO3. The topological polar surface area (TPSA) is 55.4 Å². The summed E-state index contributed by atoms with van der Waals surface area (Å²) in [5.74, 6) is -0.417. The van der Waals surface area contributed by atoms with Crippen molar-refractivity contribution < 1.29 is 14.3 Å². The summed E-state index contributed by atoms with van der Waals surface area (Å²) in [4.78, 5) is 23.5. The number of methoxy groups -OCH3 is 1. The number of anilines is 1. The lowest BCUT2D eigenvalue weighted by atomic mass is 10.0. The average Bonchev–Trinajstić information content (AvgIpc) is 2.57. The molecule has 4 heteroatoms. The zero-order chi connectivity index (χ0) is 16.7. The molecule has 0 aromatic heterocycles. The first-order chi connectivity index (χ1) is 11.1. The van der Waals surface area contributed by atoms with Crippen molar-refractivity contribution >= 4 is 17.6 Å². The molecule has 0 unspecified atom stereocenters. The fourth-order valence-corrected chi connectivity index (χ4v) is 2.27. The number of rotatable bonds is 6. The fourth-order valence-electron chi connectivity index (χ4n) is 2.27. The van der Waals surface area contributed by atoms with Crippen LogP contribution in [0.5, 0.6) is 0 Å². The molecule has 2 rings (SSSR count). The van der Waals surface area contributed by atoms with Crippen molar-refractivity contribution in [2.24, 2.45) is 5.92 Å². The van der Waals surface area contributed by atoms with Gasteiger partial charge < -0.3 is 10.1 Å². The highest BCUT2D eigenvalue weighted by Crippen LogP contribution is 2.14. The summed E-state index contributed by atoms with van der Waals surface area (Å²) >= 11 is 0. The van der Waals surface area contributed by atoms with E-state index in [0.717, 1.165) is 16.8 Å². The Morgan fingerprint density at radius 3 is 2.26 bits per heavy atom. The van der Waals surface area contributed by atoms with Crippen LogP contribution in [0.3, 0.4) is 0 Å². The molecule has 0 bridgehead atoms. The molecule has 2 aromatic carbocycles. The van der Waals surface area contributed by atoms with Gasteiger partial charge in [-0.2, -0.15) is 0 Å². The first-order valence-corrected chi connectivity index (χ1v) is 7.59. The lowest BCUT2D eigenvalue weighted by Gasteiger charge is -2.12. The Labute approximate surface area is 136 Å². The number of benzene rings is 2. The number of carbonyl (C=O) groups excluding carboxylic acids is 2. The van der Waals surface area contributed by atoms with Gasteiger partial charge in [-0.05, 0) is 29.7 Å². The van der Waals surface area contributed by atoms with Crippen LogP contribution in [0.25, 0.3) is 0 Å². The molecule has 0 radical (unpaired) electrons. The van der Waals surface area contributed by atoms with Crippen molar-refractivity contribution in [1.29, 1.82) is 0 Å². The Kier molecular flexibility index (Phi) is 5.92. The molecule has 23 heavy (non-hydrogen) atoms. The Hall–Kier alpha value is -2.62. The molecule has 1 atom stereocenters. The van der Waals surface area contributed by atoms with Gasteiger partial charge in [0.25, 0.3) is 0 Å². The highest BCUT2D eigenvalue weighted by molar-refractivity contribution is 5.92. The molecule has 1 N–H and O–H groups in total. The molecule has 4 nitrogen and oxygen atoms in total. The zero-order valence-electron chi connectivity index (χ0n) is 13.4. The fraction of sp³-hybridized carbons (Fsp3) is 0.263. The minimum atomic E-state index is -0.279. The lowest BCUT2D eigenvalue weighted by Crippen LogP contribution is -2.22. The largest absolute Gasteiger partial charge is 0.469 e. The van der Waals surface area contributed by atoms with Crippen LogP contribution < -0.4 is 5.32 Å². The molecule has 0 aliphatic heterocycles. The van der Waals surface area contributed by atoms with E-state index in [-0.39, 0.29) is 24.2 Å². The van der Waals surface area contributed by atoms with Gasteiger partial charge in [-0.25, -0.2) is 0 Å². The summed E-state index contributed by atoms with van der Waals surface area (Å²) in [5.41, 5.74) is 2.72. The third-order valence-corrected chi connectivity index (χ3v) is 3.63. The third-order valence-electron chi connectivity index (χ3n) is 3.63. The summed E-state index contributed by atoms with van der Waals surface area (Å²) in [7, 11) is 1.37. The minimum absolute atomic E-state index is 0.0189. The SMILES string of the molecule is COC(=O)Cc1ccc(NC(=O)[C@@H](C)Cc2ccccc2)cc1. The van der Waals surface area contributed by atoms with Gasteiger partial charge in [0.15, 0.2) is 0 Å². The van der Waals surface area contributed by atoms with Crippen molar-refractivity contribution in [2.45, 2.75) is 19.8 Å². The smallest absolute Gasteiger partial charge is 0.309 e. The summed E-state index contributed by atoms with van der Waals surface area (Å²) in [5, 5.41) is 2.90. The third kappa shape index (κ3) is 5.25. The quantitative estimate of drug-likeness (QED) is 0.833. The number of amides is 1. The molecule has 0 heterocycles. The molecular weight excluding hydrogens is 290 g/mol. The van der Waals surface area contributed by atoms with Crippen LogP contribution >= 0.6 is 0 Å². The summed E-state index contributed by atoms with van der Waals surface area (Å²) in [6.07, 6.45) is 0.933. The van der Waals surface area contributed by atoms with Crippen molar-refractivity contribution in [2.75, 3.05) is 12.4 Å². The molecule has 0 aliphatic rings. The minimum Gasteiger partial charge on any atom is -0.469 e. The Bertz CT molecular complexity index is 650. The van der Waals surface area contributed by atoms with Crippen LogP contribution in [0.1, 0.15) is 18.1 Å². The van der Waals surface area contributed by atoms with Gasteiger partial charge in [-0.3, -0.25) is 9.59 Å². The number of nitrogens with one attached hydrogen (secondary N) is 1. The Morgan fingerprint density at radius 1 is 1.00 bits per heavy atom. The monoisotopic (exact) mass is 311 g/mol. The number of ether oxygens (including phenoxy) is 1. The van der Waals surface area contributed by atoms with E-state index in [2.05, 4.69) is 10.1 Å². The maximum atomic E-state index is 12.2.